The third-order valence-electron chi connectivity index (χ3n) is 2.29. The molecule has 5 N–H and O–H groups in total. The van der Waals surface area contributed by atoms with Gasteiger partial charge < -0.3 is 16.6 Å². The Morgan fingerprint density at radius 1 is 1.14 bits per heavy atom. The van der Waals surface area contributed by atoms with Crippen LogP contribution in [-0.2, 0) is 0 Å². The maximum Gasteiger partial charge on any atom is 0.115 e. The molecular weight excluding hydrogens is 176 g/mol. The summed E-state index contributed by atoms with van der Waals surface area (Å²) in [5.41, 5.74) is 12.4. The summed E-state index contributed by atoms with van der Waals surface area (Å²) in [6, 6.07) is 7.11. The number of benzene rings is 1. The summed E-state index contributed by atoms with van der Waals surface area (Å²) < 4.78 is 0. The lowest BCUT2D eigenvalue weighted by Crippen LogP contribution is -2.10. The molecule has 0 amide bonds. The summed E-state index contributed by atoms with van der Waals surface area (Å²) in [7, 11) is 0. The minimum atomic E-state index is 0.0575. The van der Waals surface area contributed by atoms with Crippen LogP contribution in [0.2, 0.25) is 0 Å². The molecule has 0 heterocycles. The molecule has 3 nitrogen and oxygen atoms in total. The molecule has 0 saturated heterocycles. The van der Waals surface area contributed by atoms with E-state index in [9.17, 15) is 0 Å². The Morgan fingerprint density at radius 3 is 2.36 bits per heavy atom. The lowest BCUT2D eigenvalue weighted by atomic mass is 10.0. The van der Waals surface area contributed by atoms with Crippen LogP contribution in [0.3, 0.4) is 0 Å². The van der Waals surface area contributed by atoms with Gasteiger partial charge in [-0.1, -0.05) is 18.6 Å². The molecule has 0 unspecified atom stereocenters. The van der Waals surface area contributed by atoms with Crippen molar-refractivity contribution in [2.45, 2.75) is 25.3 Å². The Labute approximate surface area is 84.7 Å². The molecule has 1 aromatic carbocycles. The molecule has 0 bridgehead atoms. The van der Waals surface area contributed by atoms with Gasteiger partial charge in [-0.2, -0.15) is 0 Å². The van der Waals surface area contributed by atoms with Gasteiger partial charge in [0.05, 0.1) is 0 Å². The van der Waals surface area contributed by atoms with Crippen molar-refractivity contribution < 1.29 is 5.11 Å². The minimum absolute atomic E-state index is 0.0575. The summed E-state index contributed by atoms with van der Waals surface area (Å²) in [6.07, 6.45) is 3.02. The maximum atomic E-state index is 9.10. The van der Waals surface area contributed by atoms with Gasteiger partial charge in [-0.15, -0.1) is 0 Å². The second kappa shape index (κ2) is 5.62. The van der Waals surface area contributed by atoms with Crippen LogP contribution >= 0.6 is 0 Å². The van der Waals surface area contributed by atoms with Crippen molar-refractivity contribution in [1.29, 1.82) is 0 Å². The Bertz CT molecular complexity index is 258. The van der Waals surface area contributed by atoms with Crippen LogP contribution in [0.15, 0.2) is 24.3 Å². The molecule has 0 aliphatic carbocycles. The fourth-order valence-corrected chi connectivity index (χ4v) is 1.40. The normalized spacial score (nSPS) is 12.7. The predicted molar refractivity (Wildman–Crippen MR) is 57.9 cm³/mol. The molecule has 1 atom stereocenters. The average Bonchev–Trinajstić information content (AvgIpc) is 2.19. The number of hydrogen-bond donors (Lipinski definition) is 3. The fourth-order valence-electron chi connectivity index (χ4n) is 1.40. The molecular formula is C11H18N2O. The van der Waals surface area contributed by atoms with Gasteiger partial charge in [-0.25, -0.2) is 0 Å². The number of unbranched alkanes of at least 4 members (excludes halogenated alkanes) is 1. The van der Waals surface area contributed by atoms with Gasteiger partial charge in [0.2, 0.25) is 0 Å². The smallest absolute Gasteiger partial charge is 0.115 e. The third kappa shape index (κ3) is 3.36. The van der Waals surface area contributed by atoms with Crippen LogP contribution in [0.5, 0.6) is 5.75 Å². The molecule has 0 aromatic heterocycles. The van der Waals surface area contributed by atoms with Gasteiger partial charge in [0.25, 0.3) is 0 Å². The van der Waals surface area contributed by atoms with Crippen LogP contribution in [0.1, 0.15) is 30.9 Å². The van der Waals surface area contributed by atoms with Crippen molar-refractivity contribution in [1.82, 2.24) is 0 Å². The summed E-state index contributed by atoms with van der Waals surface area (Å²) in [5, 5.41) is 9.10. The standard InChI is InChI=1S/C11H18N2O/c12-8-2-1-3-11(13)9-4-6-10(14)7-5-9/h4-7,11,14H,1-3,8,12-13H2/t11-/m1/s1. The van der Waals surface area contributed by atoms with Gasteiger partial charge in [-0.05, 0) is 37.1 Å². The number of phenols is 1. The summed E-state index contributed by atoms with van der Waals surface area (Å²) in [6.45, 7) is 0.725. The van der Waals surface area contributed by atoms with Crippen molar-refractivity contribution in [2.24, 2.45) is 11.5 Å². The molecule has 0 fully saturated rings. The fraction of sp³-hybridized carbons (Fsp3) is 0.455. The van der Waals surface area contributed by atoms with E-state index in [0.717, 1.165) is 31.4 Å². The van der Waals surface area contributed by atoms with Crippen molar-refractivity contribution in [3.8, 4) is 5.75 Å². The molecule has 1 rings (SSSR count). The van der Waals surface area contributed by atoms with E-state index < -0.39 is 0 Å². The zero-order valence-electron chi connectivity index (χ0n) is 8.32. The van der Waals surface area contributed by atoms with Crippen molar-refractivity contribution in [3.05, 3.63) is 29.8 Å². The number of phenolic OH excluding ortho intramolecular Hbond substituents is 1. The summed E-state index contributed by atoms with van der Waals surface area (Å²) in [5.74, 6) is 0.280. The lowest BCUT2D eigenvalue weighted by Gasteiger charge is -2.11. The molecule has 0 saturated carbocycles. The third-order valence-corrected chi connectivity index (χ3v) is 2.29. The van der Waals surface area contributed by atoms with E-state index in [4.69, 9.17) is 16.6 Å². The SMILES string of the molecule is NCCCC[C@@H](N)c1ccc(O)cc1. The topological polar surface area (TPSA) is 72.3 Å². The van der Waals surface area contributed by atoms with Crippen LogP contribution in [-0.4, -0.2) is 11.7 Å². The highest BCUT2D eigenvalue weighted by Crippen LogP contribution is 2.18. The van der Waals surface area contributed by atoms with Crippen molar-refractivity contribution in [2.75, 3.05) is 6.54 Å². The van der Waals surface area contributed by atoms with Gasteiger partial charge >= 0.3 is 0 Å². The van der Waals surface area contributed by atoms with Crippen molar-refractivity contribution >= 4 is 0 Å². The monoisotopic (exact) mass is 194 g/mol. The Hall–Kier alpha value is -1.06. The van der Waals surface area contributed by atoms with Crippen LogP contribution in [0.4, 0.5) is 0 Å². The minimum Gasteiger partial charge on any atom is -0.508 e. The lowest BCUT2D eigenvalue weighted by molar-refractivity contribution is 0.474. The van der Waals surface area contributed by atoms with E-state index in [1.165, 1.54) is 0 Å². The highest BCUT2D eigenvalue weighted by molar-refractivity contribution is 5.27. The van der Waals surface area contributed by atoms with E-state index in [-0.39, 0.29) is 11.8 Å². The van der Waals surface area contributed by atoms with Gasteiger partial charge in [0.15, 0.2) is 0 Å². The molecule has 0 spiro atoms. The van der Waals surface area contributed by atoms with Crippen LogP contribution in [0, 0.1) is 0 Å². The highest BCUT2D eigenvalue weighted by Gasteiger charge is 2.04. The van der Waals surface area contributed by atoms with Crippen LogP contribution in [0.25, 0.3) is 0 Å². The largest absolute Gasteiger partial charge is 0.508 e. The first-order valence-corrected chi connectivity index (χ1v) is 4.98. The van der Waals surface area contributed by atoms with Crippen LogP contribution < -0.4 is 11.5 Å². The quantitative estimate of drug-likeness (QED) is 0.622. The highest BCUT2D eigenvalue weighted by atomic mass is 16.3. The molecule has 0 radical (unpaired) electrons. The summed E-state index contributed by atoms with van der Waals surface area (Å²) >= 11 is 0. The second-order valence-electron chi connectivity index (χ2n) is 3.48. The Balaban J connectivity index is 2.43. The molecule has 78 valence electrons. The van der Waals surface area contributed by atoms with Gasteiger partial charge in [-0.3, -0.25) is 0 Å². The van der Waals surface area contributed by atoms with E-state index in [1.54, 1.807) is 12.1 Å². The predicted octanol–water partition coefficient (Wildman–Crippen LogP) is 1.52. The number of hydrogen-bond acceptors (Lipinski definition) is 3. The molecule has 14 heavy (non-hydrogen) atoms. The summed E-state index contributed by atoms with van der Waals surface area (Å²) in [4.78, 5) is 0. The van der Waals surface area contributed by atoms with E-state index in [0.29, 0.717) is 0 Å². The molecule has 0 aliphatic rings. The van der Waals surface area contributed by atoms with Crippen molar-refractivity contribution in [3.63, 3.8) is 0 Å². The molecule has 3 heteroatoms. The molecule has 1 aromatic rings. The first kappa shape index (κ1) is 11.0. The van der Waals surface area contributed by atoms with E-state index in [2.05, 4.69) is 0 Å². The Kier molecular flexibility index (Phi) is 4.43. The number of aromatic hydroxyl groups is 1. The zero-order chi connectivity index (χ0) is 10.4. The number of rotatable bonds is 5. The van der Waals surface area contributed by atoms with E-state index >= 15 is 0 Å². The average molecular weight is 194 g/mol. The number of nitrogens with two attached hydrogens (primary N) is 2. The molecule has 0 aliphatic heterocycles. The zero-order valence-corrected chi connectivity index (χ0v) is 8.32. The first-order chi connectivity index (χ1) is 6.74. The maximum absolute atomic E-state index is 9.10. The second-order valence-corrected chi connectivity index (χ2v) is 3.48. The van der Waals surface area contributed by atoms with Gasteiger partial charge in [0, 0.05) is 6.04 Å². The first-order valence-electron chi connectivity index (χ1n) is 4.98. The van der Waals surface area contributed by atoms with Gasteiger partial charge in [0.1, 0.15) is 5.75 Å². The van der Waals surface area contributed by atoms with E-state index in [1.807, 2.05) is 12.1 Å². The Morgan fingerprint density at radius 2 is 1.79 bits per heavy atom.